The SMILES string of the molecule is O=S(=O)([O-])c1cn(-[n+]2ccccc2)c2ccccc12. The van der Waals surface area contributed by atoms with Crippen LogP contribution in [0.4, 0.5) is 0 Å². The van der Waals surface area contributed by atoms with Crippen molar-refractivity contribution >= 4 is 21.0 Å². The molecule has 2 heterocycles. The molecule has 0 bridgehead atoms. The molecule has 0 aliphatic carbocycles. The summed E-state index contributed by atoms with van der Waals surface area (Å²) in [5, 5.41) is 0.425. The van der Waals surface area contributed by atoms with Crippen molar-refractivity contribution in [1.82, 2.24) is 4.68 Å². The Morgan fingerprint density at radius 1 is 1.00 bits per heavy atom. The van der Waals surface area contributed by atoms with Gasteiger partial charge in [0.15, 0.2) is 12.4 Å². The number of para-hydroxylation sites is 1. The molecule has 0 N–H and O–H groups in total. The molecule has 96 valence electrons. The van der Waals surface area contributed by atoms with Crippen LogP contribution in [0.2, 0.25) is 0 Å². The lowest BCUT2D eigenvalue weighted by atomic mass is 10.2. The van der Waals surface area contributed by atoms with Crippen molar-refractivity contribution in [3.05, 3.63) is 61.1 Å². The molecular formula is C13H10N2O3S. The van der Waals surface area contributed by atoms with Gasteiger partial charge in [-0.3, -0.25) is 0 Å². The van der Waals surface area contributed by atoms with Crippen molar-refractivity contribution < 1.29 is 17.6 Å². The highest BCUT2D eigenvalue weighted by Crippen LogP contribution is 2.23. The molecule has 0 unspecified atom stereocenters. The summed E-state index contributed by atoms with van der Waals surface area (Å²) < 4.78 is 37.3. The zero-order chi connectivity index (χ0) is 13.5. The number of hydrogen-bond acceptors (Lipinski definition) is 3. The van der Waals surface area contributed by atoms with Crippen LogP contribution in [0.1, 0.15) is 0 Å². The van der Waals surface area contributed by atoms with E-state index in [1.807, 2.05) is 18.2 Å². The molecule has 3 aromatic rings. The predicted molar refractivity (Wildman–Crippen MR) is 67.3 cm³/mol. The number of hydrogen-bond donors (Lipinski definition) is 0. The average Bonchev–Trinajstić information content (AvgIpc) is 2.79. The van der Waals surface area contributed by atoms with E-state index < -0.39 is 10.1 Å². The molecule has 2 aromatic heterocycles. The second-order valence-electron chi connectivity index (χ2n) is 4.06. The van der Waals surface area contributed by atoms with Gasteiger partial charge in [-0.15, -0.1) is 4.68 Å². The maximum Gasteiger partial charge on any atom is 0.200 e. The first-order chi connectivity index (χ1) is 9.07. The van der Waals surface area contributed by atoms with Crippen LogP contribution in [0.15, 0.2) is 66.0 Å². The van der Waals surface area contributed by atoms with Gasteiger partial charge in [0.1, 0.15) is 15.6 Å². The van der Waals surface area contributed by atoms with E-state index in [2.05, 4.69) is 0 Å². The quantitative estimate of drug-likeness (QED) is 0.520. The molecule has 19 heavy (non-hydrogen) atoms. The minimum absolute atomic E-state index is 0.209. The van der Waals surface area contributed by atoms with Crippen LogP contribution in [0.5, 0.6) is 0 Å². The summed E-state index contributed by atoms with van der Waals surface area (Å²) >= 11 is 0. The van der Waals surface area contributed by atoms with Gasteiger partial charge < -0.3 is 4.55 Å². The van der Waals surface area contributed by atoms with E-state index in [0.717, 1.165) is 0 Å². The zero-order valence-corrected chi connectivity index (χ0v) is 10.6. The van der Waals surface area contributed by atoms with Crippen molar-refractivity contribution in [3.63, 3.8) is 0 Å². The first kappa shape index (κ1) is 11.9. The average molecular weight is 274 g/mol. The highest BCUT2D eigenvalue weighted by atomic mass is 32.2. The van der Waals surface area contributed by atoms with Crippen LogP contribution in [0, 0.1) is 0 Å². The zero-order valence-electron chi connectivity index (χ0n) is 9.80. The number of pyridine rings is 1. The Labute approximate surface area is 110 Å². The van der Waals surface area contributed by atoms with E-state index in [0.29, 0.717) is 10.9 Å². The number of benzene rings is 1. The van der Waals surface area contributed by atoms with E-state index >= 15 is 0 Å². The van der Waals surface area contributed by atoms with Crippen molar-refractivity contribution in [2.75, 3.05) is 0 Å². The Kier molecular flexibility index (Phi) is 2.62. The van der Waals surface area contributed by atoms with Gasteiger partial charge in [0.2, 0.25) is 0 Å². The number of rotatable bonds is 2. The molecule has 1 aromatic carbocycles. The van der Waals surface area contributed by atoms with Gasteiger partial charge in [-0.1, -0.05) is 28.9 Å². The van der Waals surface area contributed by atoms with Crippen LogP contribution in [0.3, 0.4) is 0 Å². The third-order valence-electron chi connectivity index (χ3n) is 2.87. The molecule has 0 aliphatic rings. The molecule has 0 atom stereocenters. The molecule has 0 saturated carbocycles. The van der Waals surface area contributed by atoms with Gasteiger partial charge in [-0.05, 0) is 6.07 Å². The Hall–Kier alpha value is -2.18. The van der Waals surface area contributed by atoms with E-state index in [9.17, 15) is 13.0 Å². The van der Waals surface area contributed by atoms with Gasteiger partial charge in [-0.2, -0.15) is 0 Å². The van der Waals surface area contributed by atoms with E-state index in [-0.39, 0.29) is 4.90 Å². The van der Waals surface area contributed by atoms with Gasteiger partial charge in [-0.25, -0.2) is 8.42 Å². The van der Waals surface area contributed by atoms with Crippen LogP contribution < -0.4 is 4.68 Å². The molecule has 6 heteroatoms. The maximum absolute atomic E-state index is 11.3. The Balaban J connectivity index is 2.39. The summed E-state index contributed by atoms with van der Waals surface area (Å²) in [4.78, 5) is -0.209. The number of nitrogens with zero attached hydrogens (tertiary/aromatic N) is 2. The number of fused-ring (bicyclic) bond motifs is 1. The lowest BCUT2D eigenvalue weighted by molar-refractivity contribution is -0.724. The molecule has 0 radical (unpaired) electrons. The van der Waals surface area contributed by atoms with Crippen molar-refractivity contribution in [3.8, 4) is 0 Å². The Morgan fingerprint density at radius 3 is 2.37 bits per heavy atom. The highest BCUT2D eigenvalue weighted by Gasteiger charge is 2.17. The lowest BCUT2D eigenvalue weighted by Gasteiger charge is -2.02. The van der Waals surface area contributed by atoms with Crippen molar-refractivity contribution in [1.29, 1.82) is 0 Å². The second-order valence-corrected chi connectivity index (χ2v) is 5.41. The second kappa shape index (κ2) is 4.18. The van der Waals surface area contributed by atoms with Crippen LogP contribution in [-0.4, -0.2) is 17.6 Å². The molecular weight excluding hydrogens is 264 g/mol. The van der Waals surface area contributed by atoms with Gasteiger partial charge in [0, 0.05) is 17.5 Å². The smallest absolute Gasteiger partial charge is 0.200 e. The standard InChI is InChI=1S/C13H10N2O3S/c16-19(17,18)13-10-15(14-8-4-1-5-9-14)12-7-3-2-6-11(12)13/h1-10H. The highest BCUT2D eigenvalue weighted by molar-refractivity contribution is 7.86. The molecule has 0 amide bonds. The Bertz CT molecular complexity index is 839. The van der Waals surface area contributed by atoms with Crippen LogP contribution in [0.25, 0.3) is 10.9 Å². The van der Waals surface area contributed by atoms with E-state index in [1.54, 1.807) is 46.0 Å². The fraction of sp³-hybridized carbons (Fsp3) is 0. The lowest BCUT2D eigenvalue weighted by Crippen LogP contribution is -2.39. The van der Waals surface area contributed by atoms with E-state index in [1.165, 1.54) is 6.20 Å². The van der Waals surface area contributed by atoms with Crippen LogP contribution in [-0.2, 0) is 10.1 Å². The van der Waals surface area contributed by atoms with Gasteiger partial charge in [0.25, 0.3) is 0 Å². The predicted octanol–water partition coefficient (Wildman–Crippen LogP) is 1.14. The minimum atomic E-state index is -4.50. The third kappa shape index (κ3) is 2.00. The fourth-order valence-corrected chi connectivity index (χ4v) is 2.73. The fourth-order valence-electron chi connectivity index (χ4n) is 2.06. The largest absolute Gasteiger partial charge is 0.744 e. The monoisotopic (exact) mass is 274 g/mol. The van der Waals surface area contributed by atoms with Crippen molar-refractivity contribution in [2.45, 2.75) is 4.90 Å². The summed E-state index contributed by atoms with van der Waals surface area (Å²) in [5.41, 5.74) is 0.660. The van der Waals surface area contributed by atoms with Gasteiger partial charge in [0.05, 0.1) is 11.1 Å². The Morgan fingerprint density at radius 2 is 1.68 bits per heavy atom. The maximum atomic E-state index is 11.3. The van der Waals surface area contributed by atoms with Gasteiger partial charge >= 0.3 is 0 Å². The summed E-state index contributed by atoms with van der Waals surface area (Å²) in [5.74, 6) is 0. The molecule has 0 saturated heterocycles. The molecule has 0 spiro atoms. The summed E-state index contributed by atoms with van der Waals surface area (Å²) in [6.45, 7) is 0. The first-order valence-corrected chi connectivity index (χ1v) is 7.01. The van der Waals surface area contributed by atoms with Crippen molar-refractivity contribution in [2.24, 2.45) is 0 Å². The van der Waals surface area contributed by atoms with E-state index in [4.69, 9.17) is 0 Å². The summed E-state index contributed by atoms with van der Waals surface area (Å²) in [6, 6.07) is 12.4. The molecule has 0 aliphatic heterocycles. The first-order valence-electron chi connectivity index (χ1n) is 5.60. The summed E-state index contributed by atoms with van der Waals surface area (Å²) in [7, 11) is -4.50. The third-order valence-corrected chi connectivity index (χ3v) is 3.74. The minimum Gasteiger partial charge on any atom is -0.744 e. The summed E-state index contributed by atoms with van der Waals surface area (Å²) in [6.07, 6.45) is 4.88. The molecule has 5 nitrogen and oxygen atoms in total. The molecule has 3 rings (SSSR count). The normalized spacial score (nSPS) is 11.8. The number of aromatic nitrogens is 2. The van der Waals surface area contributed by atoms with Crippen LogP contribution >= 0.6 is 0 Å². The topological polar surface area (TPSA) is 66.0 Å². The molecule has 0 fully saturated rings.